The number of aromatic nitrogens is 4. The van der Waals surface area contributed by atoms with Crippen LogP contribution in [-0.4, -0.2) is 26.3 Å². The van der Waals surface area contributed by atoms with E-state index in [4.69, 9.17) is 20.9 Å². The van der Waals surface area contributed by atoms with Gasteiger partial charge in [0.2, 0.25) is 5.89 Å². The summed E-state index contributed by atoms with van der Waals surface area (Å²) in [5, 5.41) is 3.92. The first-order valence-corrected chi connectivity index (χ1v) is 7.22. The summed E-state index contributed by atoms with van der Waals surface area (Å²) in [6.07, 6.45) is 0. The third-order valence-corrected chi connectivity index (χ3v) is 3.35. The molecule has 0 radical (unpaired) electrons. The molecular weight excluding hydrogens is 292 g/mol. The molecule has 0 saturated carbocycles. The standard InChI is InChI=1S/C14H15ClN4O2/c1-3-20-11-6-4-5-10-14(11)17-13(7-15)19(10)8-12-16-9(2)21-18-12/h4-6H,3,7-8H2,1-2H3. The van der Waals surface area contributed by atoms with Crippen LogP contribution in [0.1, 0.15) is 24.5 Å². The number of alkyl halides is 1. The van der Waals surface area contributed by atoms with E-state index in [9.17, 15) is 0 Å². The highest BCUT2D eigenvalue weighted by Crippen LogP contribution is 2.27. The summed E-state index contributed by atoms with van der Waals surface area (Å²) >= 11 is 6.02. The molecule has 0 bridgehead atoms. The van der Waals surface area contributed by atoms with Crippen molar-refractivity contribution >= 4 is 22.6 Å². The minimum atomic E-state index is 0.303. The van der Waals surface area contributed by atoms with Crippen LogP contribution in [0.5, 0.6) is 5.75 Å². The van der Waals surface area contributed by atoms with Gasteiger partial charge >= 0.3 is 0 Å². The van der Waals surface area contributed by atoms with Crippen LogP contribution in [0.15, 0.2) is 22.7 Å². The number of nitrogens with zero attached hydrogens (tertiary/aromatic N) is 4. The van der Waals surface area contributed by atoms with Gasteiger partial charge < -0.3 is 13.8 Å². The largest absolute Gasteiger partial charge is 0.492 e. The van der Waals surface area contributed by atoms with Crippen molar-refractivity contribution in [3.63, 3.8) is 0 Å². The lowest BCUT2D eigenvalue weighted by molar-refractivity contribution is 0.343. The van der Waals surface area contributed by atoms with Gasteiger partial charge in [-0.1, -0.05) is 11.2 Å². The first kappa shape index (κ1) is 13.9. The van der Waals surface area contributed by atoms with Gasteiger partial charge in [-0.2, -0.15) is 4.98 Å². The first-order valence-electron chi connectivity index (χ1n) is 6.69. The number of ether oxygens (including phenoxy) is 1. The maximum absolute atomic E-state index is 6.02. The number of imidazole rings is 1. The van der Waals surface area contributed by atoms with Gasteiger partial charge in [0, 0.05) is 6.92 Å². The number of fused-ring (bicyclic) bond motifs is 1. The van der Waals surface area contributed by atoms with Crippen LogP contribution >= 0.6 is 11.6 Å². The molecule has 110 valence electrons. The van der Waals surface area contributed by atoms with E-state index in [-0.39, 0.29) is 0 Å². The highest BCUT2D eigenvalue weighted by molar-refractivity contribution is 6.16. The van der Waals surface area contributed by atoms with Gasteiger partial charge in [0.25, 0.3) is 0 Å². The van der Waals surface area contributed by atoms with Crippen LogP contribution in [-0.2, 0) is 12.4 Å². The summed E-state index contributed by atoms with van der Waals surface area (Å²) in [6, 6.07) is 5.82. The van der Waals surface area contributed by atoms with Gasteiger partial charge in [-0.25, -0.2) is 4.98 Å². The molecule has 2 aromatic heterocycles. The number of aryl methyl sites for hydroxylation is 1. The molecule has 7 heteroatoms. The van der Waals surface area contributed by atoms with Crippen LogP contribution in [0.25, 0.3) is 11.0 Å². The van der Waals surface area contributed by atoms with Gasteiger partial charge in [0.05, 0.1) is 24.5 Å². The molecule has 0 spiro atoms. The highest BCUT2D eigenvalue weighted by Gasteiger charge is 2.15. The predicted octanol–water partition coefficient (Wildman–Crippen LogP) is 2.91. The molecule has 0 atom stereocenters. The van der Waals surface area contributed by atoms with E-state index in [2.05, 4.69) is 15.1 Å². The van der Waals surface area contributed by atoms with Crippen LogP contribution in [0.4, 0.5) is 0 Å². The van der Waals surface area contributed by atoms with Crippen LogP contribution in [0.2, 0.25) is 0 Å². The zero-order valence-electron chi connectivity index (χ0n) is 11.8. The van der Waals surface area contributed by atoms with Crippen molar-refractivity contribution in [1.29, 1.82) is 0 Å². The van der Waals surface area contributed by atoms with E-state index in [1.54, 1.807) is 6.92 Å². The molecule has 0 unspecified atom stereocenters. The molecule has 1 aromatic carbocycles. The summed E-state index contributed by atoms with van der Waals surface area (Å²) in [5.74, 6) is 2.94. The summed E-state index contributed by atoms with van der Waals surface area (Å²) in [7, 11) is 0. The Hall–Kier alpha value is -2.08. The maximum atomic E-state index is 6.02. The number of hydrogen-bond acceptors (Lipinski definition) is 5. The predicted molar refractivity (Wildman–Crippen MR) is 78.6 cm³/mol. The molecule has 6 nitrogen and oxygen atoms in total. The van der Waals surface area contributed by atoms with E-state index in [0.717, 1.165) is 22.6 Å². The van der Waals surface area contributed by atoms with Crippen molar-refractivity contribution in [2.45, 2.75) is 26.3 Å². The normalized spacial score (nSPS) is 11.2. The third-order valence-electron chi connectivity index (χ3n) is 3.11. The monoisotopic (exact) mass is 306 g/mol. The fourth-order valence-corrected chi connectivity index (χ4v) is 2.47. The summed E-state index contributed by atoms with van der Waals surface area (Å²) in [6.45, 7) is 4.76. The Morgan fingerprint density at radius 3 is 2.86 bits per heavy atom. The smallest absolute Gasteiger partial charge is 0.223 e. The minimum absolute atomic E-state index is 0.303. The number of rotatable bonds is 5. The SMILES string of the molecule is CCOc1cccc2c1nc(CCl)n2Cc1noc(C)n1. The van der Waals surface area contributed by atoms with E-state index >= 15 is 0 Å². The topological polar surface area (TPSA) is 66.0 Å². The minimum Gasteiger partial charge on any atom is -0.492 e. The van der Waals surface area contributed by atoms with E-state index in [1.807, 2.05) is 29.7 Å². The average Bonchev–Trinajstić information content (AvgIpc) is 3.05. The van der Waals surface area contributed by atoms with E-state index in [0.29, 0.717) is 30.7 Å². The molecule has 3 rings (SSSR count). The quantitative estimate of drug-likeness (QED) is 0.678. The molecule has 0 aliphatic carbocycles. The molecule has 3 aromatic rings. The fourth-order valence-electron chi connectivity index (χ4n) is 2.27. The molecule has 0 saturated heterocycles. The first-order chi connectivity index (χ1) is 10.2. The van der Waals surface area contributed by atoms with Crippen molar-refractivity contribution in [3.8, 4) is 5.75 Å². The maximum Gasteiger partial charge on any atom is 0.223 e. The summed E-state index contributed by atoms with van der Waals surface area (Å²) < 4.78 is 12.6. The molecule has 0 N–H and O–H groups in total. The van der Waals surface area contributed by atoms with Gasteiger partial charge in [0.15, 0.2) is 5.82 Å². The fraction of sp³-hybridized carbons (Fsp3) is 0.357. The Bertz CT molecular complexity index is 766. The van der Waals surface area contributed by atoms with Crippen molar-refractivity contribution in [1.82, 2.24) is 19.7 Å². The van der Waals surface area contributed by atoms with Gasteiger partial charge in [-0.15, -0.1) is 11.6 Å². The molecule has 0 fully saturated rings. The lowest BCUT2D eigenvalue weighted by Gasteiger charge is -2.05. The Kier molecular flexibility index (Phi) is 3.79. The van der Waals surface area contributed by atoms with Crippen molar-refractivity contribution in [2.24, 2.45) is 0 Å². The third kappa shape index (κ3) is 2.58. The Morgan fingerprint density at radius 2 is 2.19 bits per heavy atom. The van der Waals surface area contributed by atoms with Gasteiger partial charge in [0.1, 0.15) is 17.1 Å². The molecular formula is C14H15ClN4O2. The Balaban J connectivity index is 2.09. The van der Waals surface area contributed by atoms with Gasteiger partial charge in [-0.3, -0.25) is 0 Å². The number of para-hydroxylation sites is 1. The number of halogens is 1. The van der Waals surface area contributed by atoms with Crippen molar-refractivity contribution in [2.75, 3.05) is 6.61 Å². The van der Waals surface area contributed by atoms with E-state index in [1.165, 1.54) is 0 Å². The second kappa shape index (κ2) is 5.73. The van der Waals surface area contributed by atoms with Crippen LogP contribution in [0.3, 0.4) is 0 Å². The molecule has 0 amide bonds. The van der Waals surface area contributed by atoms with Crippen LogP contribution in [0, 0.1) is 6.92 Å². The molecule has 21 heavy (non-hydrogen) atoms. The highest BCUT2D eigenvalue weighted by atomic mass is 35.5. The van der Waals surface area contributed by atoms with Gasteiger partial charge in [-0.05, 0) is 19.1 Å². The average molecular weight is 307 g/mol. The molecule has 2 heterocycles. The lowest BCUT2D eigenvalue weighted by Crippen LogP contribution is -2.05. The zero-order valence-corrected chi connectivity index (χ0v) is 12.6. The second-order valence-corrected chi connectivity index (χ2v) is 4.80. The number of benzene rings is 1. The Labute approximate surface area is 126 Å². The molecule has 0 aliphatic heterocycles. The Morgan fingerprint density at radius 1 is 1.33 bits per heavy atom. The molecule has 0 aliphatic rings. The number of hydrogen-bond donors (Lipinski definition) is 0. The van der Waals surface area contributed by atoms with Crippen molar-refractivity contribution < 1.29 is 9.26 Å². The second-order valence-electron chi connectivity index (χ2n) is 4.53. The zero-order chi connectivity index (χ0) is 14.8. The summed E-state index contributed by atoms with van der Waals surface area (Å²) in [4.78, 5) is 8.80. The lowest BCUT2D eigenvalue weighted by atomic mass is 10.3. The van der Waals surface area contributed by atoms with E-state index < -0.39 is 0 Å². The summed E-state index contributed by atoms with van der Waals surface area (Å²) in [5.41, 5.74) is 1.74. The van der Waals surface area contributed by atoms with Crippen molar-refractivity contribution in [3.05, 3.63) is 35.7 Å². The van der Waals surface area contributed by atoms with Crippen LogP contribution < -0.4 is 4.74 Å².